The van der Waals surface area contributed by atoms with Crippen LogP contribution in [0.25, 0.3) is 0 Å². The van der Waals surface area contributed by atoms with E-state index in [1.807, 2.05) is 18.2 Å². The SMILES string of the molecule is C=CC(=O)NCC(=O)N1CCCC1c1ccc(Br)cc1Cl. The van der Waals surface area contributed by atoms with Crippen LogP contribution in [0.3, 0.4) is 0 Å². The van der Waals surface area contributed by atoms with Crippen LogP contribution >= 0.6 is 27.5 Å². The number of carbonyl (C=O) groups is 2. The van der Waals surface area contributed by atoms with Gasteiger partial charge < -0.3 is 10.2 Å². The lowest BCUT2D eigenvalue weighted by Crippen LogP contribution is -2.39. The summed E-state index contributed by atoms with van der Waals surface area (Å²) in [6.07, 6.45) is 2.96. The molecule has 6 heteroatoms. The number of hydrogen-bond donors (Lipinski definition) is 1. The molecule has 112 valence electrons. The molecule has 0 spiro atoms. The molecule has 1 atom stereocenters. The minimum atomic E-state index is -0.347. The van der Waals surface area contributed by atoms with Crippen molar-refractivity contribution in [3.05, 3.63) is 45.9 Å². The molecule has 1 aliphatic heterocycles. The number of rotatable bonds is 4. The monoisotopic (exact) mass is 370 g/mol. The number of nitrogens with one attached hydrogen (secondary N) is 1. The molecule has 1 fully saturated rings. The molecule has 2 rings (SSSR count). The van der Waals surface area contributed by atoms with Gasteiger partial charge in [0, 0.05) is 16.0 Å². The maximum atomic E-state index is 12.3. The molecule has 0 aromatic heterocycles. The molecule has 21 heavy (non-hydrogen) atoms. The molecule has 1 aromatic rings. The number of likely N-dealkylation sites (tertiary alicyclic amines) is 1. The zero-order chi connectivity index (χ0) is 15.4. The van der Waals surface area contributed by atoms with Gasteiger partial charge in [-0.05, 0) is 36.6 Å². The molecule has 0 radical (unpaired) electrons. The molecule has 4 nitrogen and oxygen atoms in total. The Morgan fingerprint density at radius 1 is 1.52 bits per heavy atom. The van der Waals surface area contributed by atoms with Crippen LogP contribution in [-0.2, 0) is 9.59 Å². The molecule has 0 bridgehead atoms. The van der Waals surface area contributed by atoms with E-state index in [1.54, 1.807) is 4.90 Å². The zero-order valence-corrected chi connectivity index (χ0v) is 13.8. The van der Waals surface area contributed by atoms with E-state index in [0.29, 0.717) is 11.6 Å². The maximum Gasteiger partial charge on any atom is 0.243 e. The predicted molar refractivity (Wildman–Crippen MR) is 86.0 cm³/mol. The molecule has 1 aromatic carbocycles. The Labute approximate surface area is 137 Å². The molecule has 2 amide bonds. The number of carbonyl (C=O) groups excluding carboxylic acids is 2. The third-order valence-corrected chi connectivity index (χ3v) is 4.31. The largest absolute Gasteiger partial charge is 0.343 e. The summed E-state index contributed by atoms with van der Waals surface area (Å²) in [7, 11) is 0. The van der Waals surface area contributed by atoms with Crippen molar-refractivity contribution >= 4 is 39.3 Å². The summed E-state index contributed by atoms with van der Waals surface area (Å²) in [5.41, 5.74) is 0.945. The molecular formula is C15H16BrClN2O2. The third kappa shape index (κ3) is 3.86. The van der Waals surface area contributed by atoms with Gasteiger partial charge in [-0.2, -0.15) is 0 Å². The van der Waals surface area contributed by atoms with Gasteiger partial charge in [-0.15, -0.1) is 0 Å². The summed E-state index contributed by atoms with van der Waals surface area (Å²) < 4.78 is 0.908. The summed E-state index contributed by atoms with van der Waals surface area (Å²) in [4.78, 5) is 25.2. The van der Waals surface area contributed by atoms with Crippen molar-refractivity contribution in [2.24, 2.45) is 0 Å². The third-order valence-electron chi connectivity index (χ3n) is 3.49. The van der Waals surface area contributed by atoms with E-state index >= 15 is 0 Å². The molecule has 1 aliphatic rings. The number of benzene rings is 1. The van der Waals surface area contributed by atoms with Gasteiger partial charge in [-0.1, -0.05) is 40.2 Å². The second-order valence-electron chi connectivity index (χ2n) is 4.83. The second-order valence-corrected chi connectivity index (χ2v) is 6.16. The summed E-state index contributed by atoms with van der Waals surface area (Å²) in [6, 6.07) is 5.66. The van der Waals surface area contributed by atoms with Crippen LogP contribution in [-0.4, -0.2) is 29.8 Å². The molecule has 1 N–H and O–H groups in total. The van der Waals surface area contributed by atoms with Crippen molar-refractivity contribution < 1.29 is 9.59 Å². The minimum Gasteiger partial charge on any atom is -0.343 e. The normalized spacial score (nSPS) is 17.6. The Morgan fingerprint density at radius 2 is 2.29 bits per heavy atom. The summed E-state index contributed by atoms with van der Waals surface area (Å²) in [5.74, 6) is -0.451. The van der Waals surface area contributed by atoms with Crippen LogP contribution in [0.15, 0.2) is 35.3 Å². The van der Waals surface area contributed by atoms with Gasteiger partial charge in [0.25, 0.3) is 0 Å². The first kappa shape index (κ1) is 16.0. The smallest absolute Gasteiger partial charge is 0.243 e. The van der Waals surface area contributed by atoms with Crippen LogP contribution < -0.4 is 5.32 Å². The van der Waals surface area contributed by atoms with Gasteiger partial charge in [0.15, 0.2) is 0 Å². The van der Waals surface area contributed by atoms with Crippen molar-refractivity contribution in [2.75, 3.05) is 13.1 Å². The van der Waals surface area contributed by atoms with E-state index in [4.69, 9.17) is 11.6 Å². The Morgan fingerprint density at radius 3 is 2.95 bits per heavy atom. The highest BCUT2D eigenvalue weighted by molar-refractivity contribution is 9.10. The van der Waals surface area contributed by atoms with Gasteiger partial charge in [0.2, 0.25) is 11.8 Å². The molecule has 0 aliphatic carbocycles. The lowest BCUT2D eigenvalue weighted by Gasteiger charge is -2.26. The van der Waals surface area contributed by atoms with Crippen LogP contribution in [0.1, 0.15) is 24.4 Å². The number of amides is 2. The molecule has 1 saturated heterocycles. The number of nitrogens with zero attached hydrogens (tertiary/aromatic N) is 1. The van der Waals surface area contributed by atoms with E-state index < -0.39 is 0 Å². The van der Waals surface area contributed by atoms with Gasteiger partial charge >= 0.3 is 0 Å². The Bertz CT molecular complexity index is 577. The highest BCUT2D eigenvalue weighted by atomic mass is 79.9. The predicted octanol–water partition coefficient (Wildman–Crippen LogP) is 3.07. The van der Waals surface area contributed by atoms with Crippen LogP contribution in [0.5, 0.6) is 0 Å². The average molecular weight is 372 g/mol. The highest BCUT2D eigenvalue weighted by Gasteiger charge is 2.31. The Balaban J connectivity index is 2.11. The molecule has 1 heterocycles. The first-order chi connectivity index (χ1) is 10.0. The van der Waals surface area contributed by atoms with E-state index in [0.717, 1.165) is 29.0 Å². The zero-order valence-electron chi connectivity index (χ0n) is 11.4. The lowest BCUT2D eigenvalue weighted by atomic mass is 10.0. The fraction of sp³-hybridized carbons (Fsp3) is 0.333. The van der Waals surface area contributed by atoms with Crippen LogP contribution in [0.4, 0.5) is 0 Å². The second kappa shape index (κ2) is 7.09. The van der Waals surface area contributed by atoms with Crippen LogP contribution in [0, 0.1) is 0 Å². The highest BCUT2D eigenvalue weighted by Crippen LogP contribution is 2.36. The number of hydrogen-bond acceptors (Lipinski definition) is 2. The maximum absolute atomic E-state index is 12.3. The van der Waals surface area contributed by atoms with Gasteiger partial charge in [0.1, 0.15) is 0 Å². The van der Waals surface area contributed by atoms with Crippen LogP contribution in [0.2, 0.25) is 5.02 Å². The average Bonchev–Trinajstić information content (AvgIpc) is 2.93. The van der Waals surface area contributed by atoms with Crippen molar-refractivity contribution in [1.29, 1.82) is 0 Å². The van der Waals surface area contributed by atoms with Gasteiger partial charge in [0.05, 0.1) is 12.6 Å². The van der Waals surface area contributed by atoms with E-state index in [1.165, 1.54) is 0 Å². The topological polar surface area (TPSA) is 49.4 Å². The fourth-order valence-corrected chi connectivity index (χ4v) is 3.30. The minimum absolute atomic E-state index is 0.0184. The van der Waals surface area contributed by atoms with Crippen molar-refractivity contribution in [3.63, 3.8) is 0 Å². The Kier molecular flexibility index (Phi) is 5.42. The summed E-state index contributed by atoms with van der Waals surface area (Å²) in [6.45, 7) is 4.02. The molecule has 1 unspecified atom stereocenters. The first-order valence-corrected chi connectivity index (χ1v) is 7.84. The summed E-state index contributed by atoms with van der Waals surface area (Å²) >= 11 is 9.65. The lowest BCUT2D eigenvalue weighted by molar-refractivity contribution is -0.132. The van der Waals surface area contributed by atoms with E-state index in [2.05, 4.69) is 27.8 Å². The van der Waals surface area contributed by atoms with Crippen molar-refractivity contribution in [3.8, 4) is 0 Å². The molecule has 0 saturated carbocycles. The first-order valence-electron chi connectivity index (χ1n) is 6.67. The fourth-order valence-electron chi connectivity index (χ4n) is 2.50. The van der Waals surface area contributed by atoms with E-state index in [9.17, 15) is 9.59 Å². The van der Waals surface area contributed by atoms with Crippen molar-refractivity contribution in [1.82, 2.24) is 10.2 Å². The van der Waals surface area contributed by atoms with Gasteiger partial charge in [-0.3, -0.25) is 9.59 Å². The quantitative estimate of drug-likeness (QED) is 0.827. The number of halogens is 2. The van der Waals surface area contributed by atoms with E-state index in [-0.39, 0.29) is 24.4 Å². The van der Waals surface area contributed by atoms with Gasteiger partial charge in [-0.25, -0.2) is 0 Å². The summed E-state index contributed by atoms with van der Waals surface area (Å²) in [5, 5.41) is 3.16. The van der Waals surface area contributed by atoms with Crippen molar-refractivity contribution in [2.45, 2.75) is 18.9 Å². The standard InChI is InChI=1S/C15H16BrClN2O2/c1-2-14(20)18-9-15(21)19-7-3-4-13(19)11-6-5-10(16)8-12(11)17/h2,5-6,8,13H,1,3-4,7,9H2,(H,18,20). The Hall–Kier alpha value is -1.33. The molecular weight excluding hydrogens is 356 g/mol.